The number of piperazine rings is 1. The number of alkyl halides is 3. The SMILES string of the molecule is CS(=O)(=O)Nc1cccc(C(=O)O)c1N1CCN(CC(O)Cn2nc(-c3ccc(C(F)(F)F)cc3)c3c2CCN(S(C)(=O)=O)C3)CC1. The number of sulfonamides is 2. The number of hydrogen-bond donors (Lipinski definition) is 3. The van der Waals surface area contributed by atoms with Gasteiger partial charge < -0.3 is 15.1 Å². The summed E-state index contributed by atoms with van der Waals surface area (Å²) in [6, 6.07) is 8.85. The first-order valence-corrected chi connectivity index (χ1v) is 18.4. The molecule has 1 atom stereocenters. The Morgan fingerprint density at radius 1 is 0.979 bits per heavy atom. The number of aliphatic hydroxyl groups excluding tert-OH is 1. The summed E-state index contributed by atoms with van der Waals surface area (Å²) in [6.07, 6.45) is -3.07. The third-order valence-electron chi connectivity index (χ3n) is 8.16. The maximum Gasteiger partial charge on any atom is 0.416 e. The summed E-state index contributed by atoms with van der Waals surface area (Å²) in [5, 5.41) is 25.5. The van der Waals surface area contributed by atoms with Gasteiger partial charge in [-0.1, -0.05) is 18.2 Å². The molecule has 2 aromatic carbocycles. The number of benzene rings is 2. The summed E-state index contributed by atoms with van der Waals surface area (Å²) in [5.74, 6) is -1.20. The molecule has 0 bridgehead atoms. The number of carboxylic acids is 1. The van der Waals surface area contributed by atoms with Crippen molar-refractivity contribution in [1.82, 2.24) is 19.0 Å². The monoisotopic (exact) mass is 700 g/mol. The Labute approximate surface area is 270 Å². The first-order chi connectivity index (χ1) is 21.9. The molecule has 3 N–H and O–H groups in total. The van der Waals surface area contributed by atoms with Crippen LogP contribution in [-0.4, -0.2) is 110 Å². The Bertz CT molecular complexity index is 1860. The van der Waals surface area contributed by atoms with E-state index >= 15 is 0 Å². The summed E-state index contributed by atoms with van der Waals surface area (Å²) >= 11 is 0. The highest BCUT2D eigenvalue weighted by atomic mass is 32.2. The van der Waals surface area contributed by atoms with E-state index in [1.807, 2.05) is 4.90 Å². The number of nitrogens with one attached hydrogen (secondary N) is 1. The third kappa shape index (κ3) is 8.06. The lowest BCUT2D eigenvalue weighted by atomic mass is 10.0. The molecule has 0 amide bonds. The van der Waals surface area contributed by atoms with E-state index in [0.29, 0.717) is 55.1 Å². The second kappa shape index (κ2) is 13.1. The molecule has 1 fully saturated rings. The first kappa shape index (κ1) is 34.6. The lowest BCUT2D eigenvalue weighted by Gasteiger charge is -2.38. The molecule has 0 spiro atoms. The number of nitrogens with zero attached hydrogens (tertiary/aromatic N) is 5. The van der Waals surface area contributed by atoms with Crippen molar-refractivity contribution in [2.24, 2.45) is 0 Å². The van der Waals surface area contributed by atoms with E-state index in [2.05, 4.69) is 9.82 Å². The molecule has 3 aromatic rings. The smallest absolute Gasteiger partial charge is 0.416 e. The predicted octanol–water partition coefficient (Wildman–Crippen LogP) is 2.14. The maximum atomic E-state index is 13.2. The van der Waals surface area contributed by atoms with Gasteiger partial charge in [0.1, 0.15) is 0 Å². The minimum Gasteiger partial charge on any atom is -0.478 e. The van der Waals surface area contributed by atoms with Gasteiger partial charge in [0.05, 0.1) is 53.4 Å². The van der Waals surface area contributed by atoms with E-state index in [-0.39, 0.29) is 43.1 Å². The molecule has 1 aromatic heterocycles. The quantitative estimate of drug-likeness (QED) is 0.286. The number of aliphatic hydroxyl groups is 1. The number of halogens is 3. The largest absolute Gasteiger partial charge is 0.478 e. The molecular weight excluding hydrogens is 665 g/mol. The van der Waals surface area contributed by atoms with Gasteiger partial charge in [-0.05, 0) is 24.3 Å². The first-order valence-electron chi connectivity index (χ1n) is 14.6. The minimum atomic E-state index is -4.52. The number of β-amino-alcohol motifs (C(OH)–C–C–N with tert-alkyl or cyclic N) is 1. The van der Waals surface area contributed by atoms with Crippen molar-refractivity contribution in [2.45, 2.75) is 31.8 Å². The average Bonchev–Trinajstić information content (AvgIpc) is 3.33. The second-order valence-electron chi connectivity index (χ2n) is 11.7. The van der Waals surface area contributed by atoms with Gasteiger partial charge in [0, 0.05) is 69.1 Å². The third-order valence-corrected chi connectivity index (χ3v) is 10.00. The Morgan fingerprint density at radius 3 is 2.21 bits per heavy atom. The summed E-state index contributed by atoms with van der Waals surface area (Å²) in [6.45, 7) is 2.03. The number of rotatable bonds is 10. The molecule has 18 heteroatoms. The molecule has 3 heterocycles. The topological polar surface area (TPSA) is 165 Å². The van der Waals surface area contributed by atoms with Gasteiger partial charge in [-0.15, -0.1) is 0 Å². The van der Waals surface area contributed by atoms with Crippen LogP contribution in [0.25, 0.3) is 11.3 Å². The van der Waals surface area contributed by atoms with Crippen LogP contribution in [0.5, 0.6) is 0 Å². The van der Waals surface area contributed by atoms with E-state index in [1.165, 1.54) is 34.6 Å². The van der Waals surface area contributed by atoms with Gasteiger partial charge >= 0.3 is 12.1 Å². The standard InChI is InChI=1S/C29H35F3N6O7S2/c1-46(42,43)34-24-5-3-4-22(28(40)41)27(24)36-14-12-35(13-15-36)16-21(39)17-38-25-10-11-37(47(2,44)45)18-23(25)26(33-38)19-6-8-20(9-7-19)29(30,31)32/h3-9,21,34,39H,10-18H2,1-2H3,(H,40,41). The average molecular weight is 701 g/mol. The van der Waals surface area contributed by atoms with E-state index < -0.39 is 43.9 Å². The van der Waals surface area contributed by atoms with Crippen LogP contribution in [0.1, 0.15) is 27.2 Å². The fourth-order valence-electron chi connectivity index (χ4n) is 6.00. The highest BCUT2D eigenvalue weighted by molar-refractivity contribution is 7.92. The van der Waals surface area contributed by atoms with Gasteiger partial charge in [-0.25, -0.2) is 21.6 Å². The number of hydrogen-bond acceptors (Lipinski definition) is 9. The van der Waals surface area contributed by atoms with Gasteiger partial charge in [0.2, 0.25) is 20.0 Å². The van der Waals surface area contributed by atoms with Crippen LogP contribution in [0.2, 0.25) is 0 Å². The normalized spacial score (nSPS) is 17.4. The van der Waals surface area contributed by atoms with Gasteiger partial charge in [-0.2, -0.15) is 22.6 Å². The van der Waals surface area contributed by atoms with Crippen LogP contribution in [0.3, 0.4) is 0 Å². The highest BCUT2D eigenvalue weighted by Gasteiger charge is 2.33. The minimum absolute atomic E-state index is 0.00340. The zero-order valence-electron chi connectivity index (χ0n) is 25.6. The second-order valence-corrected chi connectivity index (χ2v) is 15.4. The number of carboxylic acid groups (broad SMARTS) is 1. The Balaban J connectivity index is 1.32. The Kier molecular flexibility index (Phi) is 9.62. The molecule has 47 heavy (non-hydrogen) atoms. The summed E-state index contributed by atoms with van der Waals surface area (Å²) < 4.78 is 93.3. The number of anilines is 2. The lowest BCUT2D eigenvalue weighted by molar-refractivity contribution is -0.137. The van der Waals surface area contributed by atoms with Crippen molar-refractivity contribution >= 4 is 37.4 Å². The number of aromatic carboxylic acids is 1. The van der Waals surface area contributed by atoms with Crippen LogP contribution in [-0.2, 0) is 45.7 Å². The van der Waals surface area contributed by atoms with Crippen LogP contribution in [0.15, 0.2) is 42.5 Å². The van der Waals surface area contributed by atoms with E-state index in [4.69, 9.17) is 0 Å². The molecule has 1 unspecified atom stereocenters. The molecule has 0 radical (unpaired) electrons. The summed E-state index contributed by atoms with van der Waals surface area (Å²) in [4.78, 5) is 15.7. The van der Waals surface area contributed by atoms with Crippen molar-refractivity contribution in [3.8, 4) is 11.3 Å². The number of aromatic nitrogens is 2. The van der Waals surface area contributed by atoms with E-state index in [1.54, 1.807) is 9.58 Å². The lowest BCUT2D eigenvalue weighted by Crippen LogP contribution is -2.49. The van der Waals surface area contributed by atoms with Crippen LogP contribution in [0, 0.1) is 0 Å². The van der Waals surface area contributed by atoms with Gasteiger partial charge in [0.15, 0.2) is 0 Å². The van der Waals surface area contributed by atoms with E-state index in [0.717, 1.165) is 24.6 Å². The number of fused-ring (bicyclic) bond motifs is 1. The zero-order chi connectivity index (χ0) is 34.3. The molecule has 13 nitrogen and oxygen atoms in total. The molecule has 0 aliphatic carbocycles. The molecule has 256 valence electrons. The summed E-state index contributed by atoms with van der Waals surface area (Å²) in [5.41, 5.74) is 1.54. The van der Waals surface area contributed by atoms with Gasteiger partial charge in [0.25, 0.3) is 0 Å². The van der Waals surface area contributed by atoms with Crippen LogP contribution >= 0.6 is 0 Å². The van der Waals surface area contributed by atoms with Crippen molar-refractivity contribution in [2.75, 3.05) is 61.4 Å². The zero-order valence-corrected chi connectivity index (χ0v) is 27.2. The Morgan fingerprint density at radius 2 is 1.64 bits per heavy atom. The van der Waals surface area contributed by atoms with E-state index in [9.17, 15) is 45.0 Å². The fraction of sp³-hybridized carbons (Fsp3) is 0.448. The molecule has 1 saturated heterocycles. The molecule has 0 saturated carbocycles. The maximum absolute atomic E-state index is 13.2. The predicted molar refractivity (Wildman–Crippen MR) is 168 cm³/mol. The summed E-state index contributed by atoms with van der Waals surface area (Å²) in [7, 11) is -7.23. The van der Waals surface area contributed by atoms with Crippen molar-refractivity contribution < 1.29 is 45.0 Å². The van der Waals surface area contributed by atoms with Gasteiger partial charge in [-0.3, -0.25) is 14.3 Å². The Hall–Kier alpha value is -3.71. The van der Waals surface area contributed by atoms with Crippen LogP contribution in [0.4, 0.5) is 24.5 Å². The molecule has 2 aliphatic heterocycles. The number of carbonyl (C=O) groups is 1. The van der Waals surface area contributed by atoms with Crippen LogP contribution < -0.4 is 9.62 Å². The molecule has 5 rings (SSSR count). The van der Waals surface area contributed by atoms with Crippen molar-refractivity contribution in [3.63, 3.8) is 0 Å². The molecular formula is C29H35F3N6O7S2. The van der Waals surface area contributed by atoms with Crippen molar-refractivity contribution in [1.29, 1.82) is 0 Å². The number of para-hydroxylation sites is 1. The molecule has 2 aliphatic rings. The van der Waals surface area contributed by atoms with Crippen molar-refractivity contribution in [3.05, 3.63) is 64.8 Å². The fourth-order valence-corrected chi connectivity index (χ4v) is 7.35. The highest BCUT2D eigenvalue weighted by Crippen LogP contribution is 2.35.